The van der Waals surface area contributed by atoms with Crippen LogP contribution < -0.4 is 5.32 Å². The highest BCUT2D eigenvalue weighted by molar-refractivity contribution is 9.11. The number of hydrogen-bond donors (Lipinski definition) is 1. The smallest absolute Gasteiger partial charge is 0.252 e. The molecule has 1 amide bonds. The highest BCUT2D eigenvalue weighted by atomic mass is 79.9. The number of carbonyl (C=O) groups is 1. The lowest BCUT2D eigenvalue weighted by atomic mass is 10.1. The predicted octanol–water partition coefficient (Wildman–Crippen LogP) is 6.08. The first-order valence-electron chi connectivity index (χ1n) is 7.88. The number of hydrogen-bond acceptors (Lipinski definition) is 1. The Bertz CT molecular complexity index is 435. The SMILES string of the molecule is CCCCCCCCCCNC(=O)c1ccc(Br)cc1Br. The number of nitrogens with one attached hydrogen (secondary N) is 1. The number of unbranched alkanes of at least 4 members (excludes halogenated alkanes) is 7. The van der Waals surface area contributed by atoms with Crippen LogP contribution >= 0.6 is 31.9 Å². The zero-order valence-electron chi connectivity index (χ0n) is 12.8. The van der Waals surface area contributed by atoms with Crippen LogP contribution in [0.2, 0.25) is 0 Å². The van der Waals surface area contributed by atoms with Gasteiger partial charge < -0.3 is 5.32 Å². The van der Waals surface area contributed by atoms with E-state index in [-0.39, 0.29) is 5.91 Å². The van der Waals surface area contributed by atoms with Gasteiger partial charge in [-0.1, -0.05) is 67.8 Å². The topological polar surface area (TPSA) is 29.1 Å². The average molecular weight is 419 g/mol. The Morgan fingerprint density at radius 2 is 1.62 bits per heavy atom. The lowest BCUT2D eigenvalue weighted by Gasteiger charge is -2.07. The molecule has 1 rings (SSSR count). The standard InChI is InChI=1S/C17H25Br2NO/c1-2-3-4-5-6-7-8-9-12-20-17(21)15-11-10-14(18)13-16(15)19/h10-11,13H,2-9,12H2,1H3,(H,20,21). The van der Waals surface area contributed by atoms with E-state index in [0.29, 0.717) is 5.56 Å². The number of halogens is 2. The molecule has 0 bridgehead atoms. The molecule has 0 aliphatic heterocycles. The minimum atomic E-state index is -0.00248. The average Bonchev–Trinajstić information content (AvgIpc) is 2.45. The van der Waals surface area contributed by atoms with Crippen molar-refractivity contribution in [3.05, 3.63) is 32.7 Å². The fraction of sp³-hybridized carbons (Fsp3) is 0.588. The Kier molecular flexibility index (Phi) is 10.0. The van der Waals surface area contributed by atoms with E-state index in [9.17, 15) is 4.79 Å². The molecule has 0 fully saturated rings. The molecule has 1 N–H and O–H groups in total. The van der Waals surface area contributed by atoms with Gasteiger partial charge in [-0.3, -0.25) is 4.79 Å². The zero-order valence-corrected chi connectivity index (χ0v) is 15.9. The van der Waals surface area contributed by atoms with Crippen LogP contribution in [0.15, 0.2) is 27.1 Å². The summed E-state index contributed by atoms with van der Waals surface area (Å²) in [6.45, 7) is 3.00. The Morgan fingerprint density at radius 1 is 1.00 bits per heavy atom. The zero-order chi connectivity index (χ0) is 15.5. The minimum absolute atomic E-state index is 0.00248. The van der Waals surface area contributed by atoms with Crippen molar-refractivity contribution in [3.63, 3.8) is 0 Å². The van der Waals surface area contributed by atoms with Crippen molar-refractivity contribution < 1.29 is 4.79 Å². The molecule has 4 heteroatoms. The third kappa shape index (κ3) is 8.01. The molecule has 0 saturated carbocycles. The monoisotopic (exact) mass is 417 g/mol. The van der Waals surface area contributed by atoms with Crippen LogP contribution in [0.1, 0.15) is 68.6 Å². The number of rotatable bonds is 10. The molecule has 0 atom stereocenters. The molecule has 0 radical (unpaired) electrons. The van der Waals surface area contributed by atoms with E-state index in [4.69, 9.17) is 0 Å². The Morgan fingerprint density at radius 3 is 2.24 bits per heavy atom. The summed E-state index contributed by atoms with van der Waals surface area (Å²) in [5, 5.41) is 2.99. The van der Waals surface area contributed by atoms with E-state index in [1.165, 1.54) is 44.9 Å². The van der Waals surface area contributed by atoms with E-state index < -0.39 is 0 Å². The van der Waals surface area contributed by atoms with Gasteiger partial charge >= 0.3 is 0 Å². The molecule has 0 aromatic heterocycles. The van der Waals surface area contributed by atoms with E-state index in [0.717, 1.165) is 21.9 Å². The van der Waals surface area contributed by atoms with Crippen molar-refractivity contribution in [3.8, 4) is 0 Å². The second kappa shape index (κ2) is 11.2. The van der Waals surface area contributed by atoms with Crippen LogP contribution in [0.5, 0.6) is 0 Å². The Balaban J connectivity index is 2.11. The van der Waals surface area contributed by atoms with Gasteiger partial charge in [0.25, 0.3) is 5.91 Å². The highest BCUT2D eigenvalue weighted by Gasteiger charge is 2.09. The van der Waals surface area contributed by atoms with Crippen LogP contribution in [-0.2, 0) is 0 Å². The van der Waals surface area contributed by atoms with E-state index in [1.54, 1.807) is 0 Å². The number of carbonyl (C=O) groups excluding carboxylic acids is 1. The van der Waals surface area contributed by atoms with Gasteiger partial charge in [-0.15, -0.1) is 0 Å². The van der Waals surface area contributed by atoms with Gasteiger partial charge in [0.2, 0.25) is 0 Å². The molecule has 1 aromatic carbocycles. The molecule has 1 aromatic rings. The van der Waals surface area contributed by atoms with Crippen LogP contribution in [0.4, 0.5) is 0 Å². The molecule has 0 unspecified atom stereocenters. The fourth-order valence-electron chi connectivity index (χ4n) is 2.23. The third-order valence-corrected chi connectivity index (χ3v) is 4.64. The van der Waals surface area contributed by atoms with Crippen LogP contribution in [-0.4, -0.2) is 12.5 Å². The van der Waals surface area contributed by atoms with Gasteiger partial charge in [-0.25, -0.2) is 0 Å². The predicted molar refractivity (Wildman–Crippen MR) is 96.8 cm³/mol. The van der Waals surface area contributed by atoms with Crippen LogP contribution in [0.25, 0.3) is 0 Å². The largest absolute Gasteiger partial charge is 0.352 e. The normalized spacial score (nSPS) is 10.6. The fourth-order valence-corrected chi connectivity index (χ4v) is 3.46. The van der Waals surface area contributed by atoms with Gasteiger partial charge in [-0.2, -0.15) is 0 Å². The van der Waals surface area contributed by atoms with Crippen LogP contribution in [0.3, 0.4) is 0 Å². The maximum absolute atomic E-state index is 12.0. The third-order valence-electron chi connectivity index (χ3n) is 3.49. The quantitative estimate of drug-likeness (QED) is 0.458. The summed E-state index contributed by atoms with van der Waals surface area (Å²) in [6.07, 6.45) is 10.3. The molecule has 0 aliphatic rings. The summed E-state index contributed by atoms with van der Waals surface area (Å²) >= 11 is 6.81. The first kappa shape index (κ1) is 18.7. The molecule has 2 nitrogen and oxygen atoms in total. The summed E-state index contributed by atoms with van der Waals surface area (Å²) in [5.41, 5.74) is 0.692. The Hall–Kier alpha value is -0.350. The van der Waals surface area contributed by atoms with Crippen molar-refractivity contribution >= 4 is 37.8 Å². The van der Waals surface area contributed by atoms with Gasteiger partial charge in [0.05, 0.1) is 5.56 Å². The molecular weight excluding hydrogens is 394 g/mol. The van der Waals surface area contributed by atoms with Crippen molar-refractivity contribution in [2.24, 2.45) is 0 Å². The van der Waals surface area contributed by atoms with Crippen molar-refractivity contribution in [1.82, 2.24) is 5.32 Å². The molecule has 0 heterocycles. The molecule has 0 spiro atoms. The highest BCUT2D eigenvalue weighted by Crippen LogP contribution is 2.21. The van der Waals surface area contributed by atoms with Gasteiger partial charge in [-0.05, 0) is 40.5 Å². The second-order valence-corrected chi connectivity index (χ2v) is 7.12. The second-order valence-electron chi connectivity index (χ2n) is 5.35. The maximum Gasteiger partial charge on any atom is 0.252 e. The van der Waals surface area contributed by atoms with Crippen LogP contribution in [0, 0.1) is 0 Å². The lowest BCUT2D eigenvalue weighted by molar-refractivity contribution is 0.0952. The van der Waals surface area contributed by atoms with Gasteiger partial charge in [0.15, 0.2) is 0 Å². The first-order chi connectivity index (χ1) is 10.1. The van der Waals surface area contributed by atoms with Gasteiger partial charge in [0, 0.05) is 15.5 Å². The summed E-state index contributed by atoms with van der Waals surface area (Å²) in [4.78, 5) is 12.0. The molecular formula is C17H25Br2NO. The van der Waals surface area contributed by atoms with E-state index in [1.807, 2.05) is 18.2 Å². The Labute approximate surface area is 145 Å². The summed E-state index contributed by atoms with van der Waals surface area (Å²) in [5.74, 6) is -0.00248. The molecule has 0 aliphatic carbocycles. The van der Waals surface area contributed by atoms with E-state index in [2.05, 4.69) is 44.1 Å². The number of benzene rings is 1. The van der Waals surface area contributed by atoms with Crippen molar-refractivity contribution in [2.45, 2.75) is 58.3 Å². The maximum atomic E-state index is 12.0. The molecule has 21 heavy (non-hydrogen) atoms. The minimum Gasteiger partial charge on any atom is -0.352 e. The summed E-state index contributed by atoms with van der Waals surface area (Å²) in [7, 11) is 0. The first-order valence-corrected chi connectivity index (χ1v) is 9.47. The summed E-state index contributed by atoms with van der Waals surface area (Å²) < 4.78 is 1.79. The molecule has 118 valence electrons. The summed E-state index contributed by atoms with van der Waals surface area (Å²) in [6, 6.07) is 5.61. The number of amides is 1. The van der Waals surface area contributed by atoms with Gasteiger partial charge in [0.1, 0.15) is 0 Å². The lowest BCUT2D eigenvalue weighted by Crippen LogP contribution is -2.24. The molecule has 0 saturated heterocycles. The van der Waals surface area contributed by atoms with Crippen molar-refractivity contribution in [2.75, 3.05) is 6.54 Å². The van der Waals surface area contributed by atoms with Crippen molar-refractivity contribution in [1.29, 1.82) is 0 Å². The van der Waals surface area contributed by atoms with E-state index >= 15 is 0 Å².